The minimum absolute atomic E-state index is 0.0717. The van der Waals surface area contributed by atoms with Gasteiger partial charge in [-0.2, -0.15) is 0 Å². The number of benzene rings is 2. The maximum Gasteiger partial charge on any atom is 0.244 e. The van der Waals surface area contributed by atoms with Crippen LogP contribution in [0.4, 0.5) is 5.69 Å². The van der Waals surface area contributed by atoms with Crippen molar-refractivity contribution in [3.63, 3.8) is 0 Å². The number of aryl methyl sites for hydroxylation is 2. The monoisotopic (exact) mass is 365 g/mol. The molecule has 0 radical (unpaired) electrons. The van der Waals surface area contributed by atoms with Crippen molar-refractivity contribution >= 4 is 23.6 Å². The number of hydrogen-bond acceptors (Lipinski definition) is 3. The molecule has 5 heteroatoms. The summed E-state index contributed by atoms with van der Waals surface area (Å²) in [6.45, 7) is 4.79. The fourth-order valence-electron chi connectivity index (χ4n) is 2.67. The Bertz CT molecular complexity index is 841. The first-order valence-corrected chi connectivity index (χ1v) is 8.90. The van der Waals surface area contributed by atoms with E-state index in [1.165, 1.54) is 5.56 Å². The van der Waals surface area contributed by atoms with Crippen LogP contribution in [0.25, 0.3) is 6.08 Å². The SMILES string of the molecule is Cc1ccc(C=CC(=O)NCc2cccc(NC(=O)CN(C)C)c2)c(C)c1. The third kappa shape index (κ3) is 7.07. The zero-order chi connectivity index (χ0) is 19.8. The molecule has 2 N–H and O–H groups in total. The van der Waals surface area contributed by atoms with Crippen LogP contribution < -0.4 is 10.6 Å². The Morgan fingerprint density at radius 2 is 1.85 bits per heavy atom. The molecule has 0 fully saturated rings. The lowest BCUT2D eigenvalue weighted by atomic mass is 10.1. The summed E-state index contributed by atoms with van der Waals surface area (Å²) in [6, 6.07) is 13.6. The summed E-state index contributed by atoms with van der Waals surface area (Å²) >= 11 is 0. The second kappa shape index (κ2) is 9.69. The lowest BCUT2D eigenvalue weighted by Gasteiger charge is -2.11. The van der Waals surface area contributed by atoms with Crippen LogP contribution in [0, 0.1) is 13.8 Å². The molecule has 0 aliphatic heterocycles. The van der Waals surface area contributed by atoms with E-state index in [2.05, 4.69) is 16.7 Å². The summed E-state index contributed by atoms with van der Waals surface area (Å²) in [5.41, 5.74) is 5.01. The van der Waals surface area contributed by atoms with Crippen molar-refractivity contribution in [1.29, 1.82) is 0 Å². The first-order valence-electron chi connectivity index (χ1n) is 8.90. The molecule has 0 atom stereocenters. The normalized spacial score (nSPS) is 11.0. The van der Waals surface area contributed by atoms with Crippen molar-refractivity contribution in [2.24, 2.45) is 0 Å². The fraction of sp³-hybridized carbons (Fsp3) is 0.273. The van der Waals surface area contributed by atoms with E-state index in [1.54, 1.807) is 6.08 Å². The third-order valence-corrected chi connectivity index (χ3v) is 3.98. The summed E-state index contributed by atoms with van der Waals surface area (Å²) in [7, 11) is 3.69. The number of carbonyl (C=O) groups excluding carboxylic acids is 2. The number of carbonyl (C=O) groups is 2. The first-order chi connectivity index (χ1) is 12.8. The van der Waals surface area contributed by atoms with Crippen molar-refractivity contribution in [3.05, 3.63) is 70.8 Å². The van der Waals surface area contributed by atoms with Crippen molar-refractivity contribution < 1.29 is 9.59 Å². The maximum absolute atomic E-state index is 12.1. The number of likely N-dealkylation sites (N-methyl/N-ethyl adjacent to an activating group) is 1. The van der Waals surface area contributed by atoms with E-state index in [0.717, 1.165) is 22.4 Å². The van der Waals surface area contributed by atoms with Crippen molar-refractivity contribution in [3.8, 4) is 0 Å². The van der Waals surface area contributed by atoms with E-state index in [4.69, 9.17) is 0 Å². The molecule has 2 amide bonds. The van der Waals surface area contributed by atoms with Gasteiger partial charge < -0.3 is 15.5 Å². The first kappa shape index (κ1) is 20.4. The standard InChI is InChI=1S/C22H27N3O2/c1-16-8-9-19(17(2)12-16)10-11-21(26)23-14-18-6-5-7-20(13-18)24-22(27)15-25(3)4/h5-13H,14-15H2,1-4H3,(H,23,26)(H,24,27). The Kier molecular flexibility index (Phi) is 7.32. The van der Waals surface area contributed by atoms with Crippen LogP contribution in [0.1, 0.15) is 22.3 Å². The maximum atomic E-state index is 12.1. The van der Waals surface area contributed by atoms with Gasteiger partial charge in [-0.15, -0.1) is 0 Å². The second-order valence-electron chi connectivity index (χ2n) is 6.90. The molecule has 0 saturated heterocycles. The van der Waals surface area contributed by atoms with Gasteiger partial charge in [0.15, 0.2) is 0 Å². The highest BCUT2D eigenvalue weighted by molar-refractivity contribution is 5.93. The molecule has 0 aromatic heterocycles. The highest BCUT2D eigenvalue weighted by atomic mass is 16.2. The average Bonchev–Trinajstić information content (AvgIpc) is 2.58. The Labute approximate surface area is 161 Å². The predicted octanol–water partition coefficient (Wildman–Crippen LogP) is 3.13. The number of hydrogen-bond donors (Lipinski definition) is 2. The van der Waals surface area contributed by atoms with E-state index in [-0.39, 0.29) is 11.8 Å². The van der Waals surface area contributed by atoms with Gasteiger partial charge in [0.1, 0.15) is 0 Å². The predicted molar refractivity (Wildman–Crippen MR) is 110 cm³/mol. The minimum Gasteiger partial charge on any atom is -0.348 e. The van der Waals surface area contributed by atoms with Gasteiger partial charge in [0.2, 0.25) is 11.8 Å². The molecule has 5 nitrogen and oxygen atoms in total. The smallest absolute Gasteiger partial charge is 0.244 e. The van der Waals surface area contributed by atoms with Crippen LogP contribution in [0.3, 0.4) is 0 Å². The zero-order valence-electron chi connectivity index (χ0n) is 16.4. The van der Waals surface area contributed by atoms with E-state index >= 15 is 0 Å². The van der Waals surface area contributed by atoms with Gasteiger partial charge in [0.25, 0.3) is 0 Å². The molecule has 2 rings (SSSR count). The van der Waals surface area contributed by atoms with E-state index < -0.39 is 0 Å². The minimum atomic E-state index is -0.156. The Hall–Kier alpha value is -2.92. The zero-order valence-corrected chi connectivity index (χ0v) is 16.4. The Balaban J connectivity index is 1.90. The van der Waals surface area contributed by atoms with Gasteiger partial charge in [-0.25, -0.2) is 0 Å². The molecule has 0 saturated carbocycles. The molecule has 142 valence electrons. The number of rotatable bonds is 7. The Morgan fingerprint density at radius 1 is 1.07 bits per heavy atom. The van der Waals surface area contributed by atoms with Gasteiger partial charge in [0.05, 0.1) is 6.54 Å². The lowest BCUT2D eigenvalue weighted by Crippen LogP contribution is -2.27. The molecule has 0 aliphatic rings. The van der Waals surface area contributed by atoms with Gasteiger partial charge in [-0.1, -0.05) is 35.9 Å². The molecule has 0 spiro atoms. The molecule has 0 unspecified atom stereocenters. The molecule has 0 aliphatic carbocycles. The Morgan fingerprint density at radius 3 is 2.56 bits per heavy atom. The van der Waals surface area contributed by atoms with Crippen LogP contribution in [0.15, 0.2) is 48.5 Å². The number of anilines is 1. The average molecular weight is 365 g/mol. The van der Waals surface area contributed by atoms with Crippen LogP contribution >= 0.6 is 0 Å². The second-order valence-corrected chi connectivity index (χ2v) is 6.90. The van der Waals surface area contributed by atoms with Crippen LogP contribution in [0.2, 0.25) is 0 Å². The van der Waals surface area contributed by atoms with Crippen molar-refractivity contribution in [2.45, 2.75) is 20.4 Å². The van der Waals surface area contributed by atoms with Crippen LogP contribution in [-0.4, -0.2) is 37.4 Å². The van der Waals surface area contributed by atoms with Crippen LogP contribution in [0.5, 0.6) is 0 Å². The highest BCUT2D eigenvalue weighted by Gasteiger charge is 2.05. The van der Waals surface area contributed by atoms with Gasteiger partial charge in [-0.3, -0.25) is 9.59 Å². The van der Waals surface area contributed by atoms with Crippen LogP contribution in [-0.2, 0) is 16.1 Å². The summed E-state index contributed by atoms with van der Waals surface area (Å²) in [5.74, 6) is -0.227. The number of nitrogens with one attached hydrogen (secondary N) is 2. The van der Waals surface area contributed by atoms with E-state index in [9.17, 15) is 9.59 Å². The molecular weight excluding hydrogens is 338 g/mol. The summed E-state index contributed by atoms with van der Waals surface area (Å²) in [6.07, 6.45) is 3.36. The van der Waals surface area contributed by atoms with E-state index in [0.29, 0.717) is 13.1 Å². The van der Waals surface area contributed by atoms with Crippen molar-refractivity contribution in [2.75, 3.05) is 26.0 Å². The number of nitrogens with zero attached hydrogens (tertiary/aromatic N) is 1. The molecular formula is C22H27N3O2. The topological polar surface area (TPSA) is 61.4 Å². The fourth-order valence-corrected chi connectivity index (χ4v) is 2.67. The lowest BCUT2D eigenvalue weighted by molar-refractivity contribution is -0.117. The summed E-state index contributed by atoms with van der Waals surface area (Å²) in [4.78, 5) is 25.7. The summed E-state index contributed by atoms with van der Waals surface area (Å²) < 4.78 is 0. The molecule has 27 heavy (non-hydrogen) atoms. The molecule has 0 bridgehead atoms. The quantitative estimate of drug-likeness (QED) is 0.741. The highest BCUT2D eigenvalue weighted by Crippen LogP contribution is 2.12. The van der Waals surface area contributed by atoms with Gasteiger partial charge in [0, 0.05) is 18.3 Å². The van der Waals surface area contributed by atoms with Gasteiger partial charge in [-0.05, 0) is 62.8 Å². The summed E-state index contributed by atoms with van der Waals surface area (Å²) in [5, 5.41) is 5.72. The third-order valence-electron chi connectivity index (χ3n) is 3.98. The molecule has 2 aromatic carbocycles. The number of amides is 2. The molecule has 2 aromatic rings. The van der Waals surface area contributed by atoms with Gasteiger partial charge >= 0.3 is 0 Å². The largest absolute Gasteiger partial charge is 0.348 e. The van der Waals surface area contributed by atoms with Crippen molar-refractivity contribution in [1.82, 2.24) is 10.2 Å². The van der Waals surface area contributed by atoms with E-state index in [1.807, 2.05) is 75.3 Å². The molecule has 0 heterocycles.